The second-order valence-corrected chi connectivity index (χ2v) is 7.59. The van der Waals surface area contributed by atoms with Crippen LogP contribution in [0.2, 0.25) is 0 Å². The molecule has 0 aliphatic carbocycles. The molecule has 2 atom stereocenters. The molecule has 26 heavy (non-hydrogen) atoms. The summed E-state index contributed by atoms with van der Waals surface area (Å²) >= 11 is 1.43. The lowest BCUT2D eigenvalue weighted by Gasteiger charge is -2.38. The number of hydrogen-bond donors (Lipinski definition) is 1. The molecule has 4 nitrogen and oxygen atoms in total. The average molecular weight is 372 g/mol. The van der Waals surface area contributed by atoms with Gasteiger partial charge >= 0.3 is 5.97 Å². The molecule has 0 saturated carbocycles. The first-order chi connectivity index (χ1) is 12.6. The first-order valence-corrected chi connectivity index (χ1v) is 10.3. The van der Waals surface area contributed by atoms with Gasteiger partial charge in [0.1, 0.15) is 24.0 Å². The number of carboxylic acid groups (broad SMARTS) is 1. The third kappa shape index (κ3) is 3.21. The minimum absolute atomic E-state index is 0.307. The van der Waals surface area contributed by atoms with Gasteiger partial charge in [0, 0.05) is 12.5 Å². The van der Waals surface area contributed by atoms with Gasteiger partial charge in [-0.3, -0.25) is 0 Å². The van der Waals surface area contributed by atoms with E-state index in [-0.39, 0.29) is 0 Å². The molecule has 0 spiro atoms. The number of unbranched alkanes of at least 4 members (excludes halogenated alkanes) is 3. The zero-order valence-corrected chi connectivity index (χ0v) is 16.3. The van der Waals surface area contributed by atoms with E-state index in [1.165, 1.54) is 37.2 Å². The summed E-state index contributed by atoms with van der Waals surface area (Å²) in [4.78, 5) is 11.9. The fourth-order valence-corrected chi connectivity index (χ4v) is 4.72. The number of aromatic nitrogens is 1. The van der Waals surface area contributed by atoms with Crippen LogP contribution in [0.3, 0.4) is 0 Å². The Labute approximate surface area is 159 Å². The molecule has 2 heterocycles. The van der Waals surface area contributed by atoms with Gasteiger partial charge < -0.3 is 5.11 Å². The van der Waals surface area contributed by atoms with Gasteiger partial charge in [0.15, 0.2) is 11.4 Å². The van der Waals surface area contributed by atoms with E-state index in [4.69, 9.17) is 0 Å². The van der Waals surface area contributed by atoms with Crippen molar-refractivity contribution in [2.24, 2.45) is 0 Å². The second-order valence-electron chi connectivity index (χ2n) is 6.94. The van der Waals surface area contributed by atoms with Crippen LogP contribution >= 0.6 is 11.5 Å². The smallest absolute Gasteiger partial charge is 0.341 e. The Balaban J connectivity index is 2.10. The normalized spacial score (nSPS) is 19.8. The van der Waals surface area contributed by atoms with Crippen LogP contribution in [0.15, 0.2) is 42.0 Å². The van der Waals surface area contributed by atoms with E-state index in [0.717, 1.165) is 29.8 Å². The van der Waals surface area contributed by atoms with Crippen LogP contribution in [0, 0.1) is 0 Å². The summed E-state index contributed by atoms with van der Waals surface area (Å²) in [5.74, 6) is -0.860. The Bertz CT molecular complexity index is 785. The number of benzene rings is 1. The molecule has 0 radical (unpaired) electrons. The molecule has 1 aromatic heterocycles. The van der Waals surface area contributed by atoms with Crippen molar-refractivity contribution in [1.82, 2.24) is 8.86 Å². The third-order valence-corrected chi connectivity index (χ3v) is 6.01. The number of para-hydroxylation sites is 1. The third-order valence-electron chi connectivity index (χ3n) is 5.44. The van der Waals surface area contributed by atoms with Crippen LogP contribution in [0.1, 0.15) is 57.9 Å². The first kappa shape index (κ1) is 18.8. The number of rotatable bonds is 9. The second kappa shape index (κ2) is 8.14. The number of quaternary nitrogens is 1. The molecule has 2 aromatic rings. The van der Waals surface area contributed by atoms with Crippen LogP contribution in [0.4, 0.5) is 11.4 Å². The molecular formula is C21H27N2O2S+. The van der Waals surface area contributed by atoms with Crippen molar-refractivity contribution in [3.05, 3.63) is 47.6 Å². The van der Waals surface area contributed by atoms with E-state index in [1.54, 1.807) is 0 Å². The highest BCUT2D eigenvalue weighted by molar-refractivity contribution is 7.04. The van der Waals surface area contributed by atoms with Gasteiger partial charge in [0.2, 0.25) is 0 Å². The SMILES string of the molecule is CCCCCCC(CC)[N+]1(c2cnsc2)C=C(C(=O)O)c2ccccc21. The number of aliphatic carboxylic acids is 1. The molecule has 0 bridgehead atoms. The topological polar surface area (TPSA) is 50.2 Å². The molecule has 5 heteroatoms. The van der Waals surface area contributed by atoms with Crippen molar-refractivity contribution >= 4 is 34.4 Å². The summed E-state index contributed by atoms with van der Waals surface area (Å²) in [5, 5.41) is 11.9. The van der Waals surface area contributed by atoms with Crippen molar-refractivity contribution in [2.45, 2.75) is 58.4 Å². The lowest BCUT2D eigenvalue weighted by atomic mass is 9.99. The van der Waals surface area contributed by atoms with Gasteiger partial charge in [-0.25, -0.2) is 9.28 Å². The Kier molecular flexibility index (Phi) is 5.89. The zero-order chi connectivity index (χ0) is 18.6. The summed E-state index contributed by atoms with van der Waals surface area (Å²) in [6.45, 7) is 4.43. The van der Waals surface area contributed by atoms with Crippen LogP contribution in [-0.2, 0) is 4.79 Å². The monoisotopic (exact) mass is 371 g/mol. The minimum atomic E-state index is -0.860. The van der Waals surface area contributed by atoms with Crippen molar-refractivity contribution in [1.29, 1.82) is 0 Å². The lowest BCUT2D eigenvalue weighted by molar-refractivity contribution is -0.130. The predicted octanol–water partition coefficient (Wildman–Crippen LogP) is 5.97. The molecule has 138 valence electrons. The van der Waals surface area contributed by atoms with Gasteiger partial charge in [-0.1, -0.05) is 45.2 Å². The van der Waals surface area contributed by atoms with E-state index in [1.807, 2.05) is 30.6 Å². The molecule has 1 aliphatic rings. The molecule has 0 fully saturated rings. The Morgan fingerprint density at radius 2 is 2.04 bits per heavy atom. The molecule has 2 unspecified atom stereocenters. The molecule has 0 saturated heterocycles. The quantitative estimate of drug-likeness (QED) is 0.436. The summed E-state index contributed by atoms with van der Waals surface area (Å²) in [6, 6.07) is 8.24. The molecule has 1 aliphatic heterocycles. The fourth-order valence-electron chi connectivity index (χ4n) is 4.15. The Morgan fingerprint density at radius 3 is 2.69 bits per heavy atom. The van der Waals surface area contributed by atoms with Crippen molar-refractivity contribution in [2.75, 3.05) is 0 Å². The standard InChI is InChI=1S/C21H26N2O2S/c1-3-5-6-7-10-16(4-2)23(17-13-22-26-15-17)14-19(21(24)25)18-11-8-9-12-20(18)23/h8-9,11-16H,3-7,10H2,1-2H3/p+1. The van der Waals surface area contributed by atoms with E-state index in [2.05, 4.69) is 29.7 Å². The maximum atomic E-state index is 11.9. The number of hydrogen-bond acceptors (Lipinski definition) is 3. The number of fused-ring (bicyclic) bond motifs is 1. The number of carbonyl (C=O) groups is 1. The highest BCUT2D eigenvalue weighted by Crippen LogP contribution is 2.50. The molecular weight excluding hydrogens is 344 g/mol. The molecule has 0 amide bonds. The molecule has 3 rings (SSSR count). The summed E-state index contributed by atoms with van der Waals surface area (Å²) in [5.41, 5.74) is 3.37. The van der Waals surface area contributed by atoms with Crippen LogP contribution < -0.4 is 4.48 Å². The van der Waals surface area contributed by atoms with Gasteiger partial charge in [-0.2, -0.15) is 4.37 Å². The highest BCUT2D eigenvalue weighted by atomic mass is 32.1. The Morgan fingerprint density at radius 1 is 1.23 bits per heavy atom. The van der Waals surface area contributed by atoms with E-state index < -0.39 is 5.97 Å². The molecule has 1 N–H and O–H groups in total. The zero-order valence-electron chi connectivity index (χ0n) is 15.5. The van der Waals surface area contributed by atoms with E-state index >= 15 is 0 Å². The van der Waals surface area contributed by atoms with Gasteiger partial charge in [0.05, 0.1) is 10.9 Å². The van der Waals surface area contributed by atoms with Crippen LogP contribution in [0.25, 0.3) is 5.57 Å². The first-order valence-electron chi connectivity index (χ1n) is 9.49. The van der Waals surface area contributed by atoms with E-state index in [9.17, 15) is 9.90 Å². The molecule has 1 aromatic carbocycles. The summed E-state index contributed by atoms with van der Waals surface area (Å²) < 4.78 is 4.81. The summed E-state index contributed by atoms with van der Waals surface area (Å²) in [6.07, 6.45) is 10.8. The van der Waals surface area contributed by atoms with Crippen LogP contribution in [0.5, 0.6) is 0 Å². The van der Waals surface area contributed by atoms with E-state index in [0.29, 0.717) is 16.1 Å². The largest absolute Gasteiger partial charge is 0.477 e. The average Bonchev–Trinajstić information content (AvgIpc) is 3.29. The van der Waals surface area contributed by atoms with Crippen molar-refractivity contribution in [3.63, 3.8) is 0 Å². The minimum Gasteiger partial charge on any atom is -0.477 e. The van der Waals surface area contributed by atoms with Crippen LogP contribution in [-0.4, -0.2) is 21.5 Å². The maximum Gasteiger partial charge on any atom is 0.341 e. The Hall–Kier alpha value is -1.98. The van der Waals surface area contributed by atoms with Gasteiger partial charge in [-0.05, 0) is 30.4 Å². The van der Waals surface area contributed by atoms with Gasteiger partial charge in [-0.15, -0.1) is 0 Å². The van der Waals surface area contributed by atoms with Crippen molar-refractivity contribution < 1.29 is 9.90 Å². The number of nitrogens with zero attached hydrogens (tertiary/aromatic N) is 2. The maximum absolute atomic E-state index is 11.9. The summed E-state index contributed by atoms with van der Waals surface area (Å²) in [7, 11) is 0. The van der Waals surface area contributed by atoms with Crippen molar-refractivity contribution in [3.8, 4) is 0 Å². The number of carboxylic acids is 1. The van der Waals surface area contributed by atoms with Gasteiger partial charge in [0.25, 0.3) is 0 Å². The fraction of sp³-hybridized carbons (Fsp3) is 0.429. The predicted molar refractivity (Wildman–Crippen MR) is 108 cm³/mol. The lowest BCUT2D eigenvalue weighted by Crippen LogP contribution is -2.46. The highest BCUT2D eigenvalue weighted by Gasteiger charge is 2.47.